The van der Waals surface area contributed by atoms with E-state index in [9.17, 15) is 0 Å². The lowest BCUT2D eigenvalue weighted by Gasteiger charge is -2.45. The van der Waals surface area contributed by atoms with E-state index in [0.717, 1.165) is 24.0 Å². The predicted octanol–water partition coefficient (Wildman–Crippen LogP) is 1.89. The molecule has 2 bridgehead atoms. The van der Waals surface area contributed by atoms with Gasteiger partial charge in [-0.05, 0) is 37.9 Å². The Morgan fingerprint density at radius 2 is 2.00 bits per heavy atom. The number of ether oxygens (including phenoxy) is 2. The minimum atomic E-state index is 0.619. The van der Waals surface area contributed by atoms with Crippen LogP contribution in [0, 0.1) is 5.92 Å². The minimum Gasteiger partial charge on any atom is -0.493 e. The SMILES string of the molecule is COc1cccc(CNC2CN3CCC2CC3)c1OC. The molecule has 1 unspecified atom stereocenters. The highest BCUT2D eigenvalue weighted by atomic mass is 16.5. The molecule has 4 nitrogen and oxygen atoms in total. The van der Waals surface area contributed by atoms with Crippen molar-refractivity contribution in [2.24, 2.45) is 5.92 Å². The summed E-state index contributed by atoms with van der Waals surface area (Å²) in [6, 6.07) is 6.69. The monoisotopic (exact) mass is 276 g/mol. The van der Waals surface area contributed by atoms with Crippen molar-refractivity contribution in [3.05, 3.63) is 23.8 Å². The molecule has 3 saturated heterocycles. The standard InChI is InChI=1S/C16H24N2O2/c1-19-15-5-3-4-13(16(15)20-2)10-17-14-11-18-8-6-12(14)7-9-18/h3-5,12,14,17H,6-11H2,1-2H3. The van der Waals surface area contributed by atoms with Crippen molar-refractivity contribution in [2.75, 3.05) is 33.9 Å². The van der Waals surface area contributed by atoms with Crippen LogP contribution in [0.4, 0.5) is 0 Å². The van der Waals surface area contributed by atoms with Crippen molar-refractivity contribution < 1.29 is 9.47 Å². The Kier molecular flexibility index (Phi) is 4.13. The van der Waals surface area contributed by atoms with Crippen molar-refractivity contribution in [2.45, 2.75) is 25.4 Å². The molecule has 0 saturated carbocycles. The lowest BCUT2D eigenvalue weighted by molar-refractivity contribution is 0.0719. The van der Waals surface area contributed by atoms with Gasteiger partial charge in [-0.25, -0.2) is 0 Å². The van der Waals surface area contributed by atoms with Gasteiger partial charge in [-0.15, -0.1) is 0 Å². The summed E-state index contributed by atoms with van der Waals surface area (Å²) < 4.78 is 10.9. The maximum Gasteiger partial charge on any atom is 0.165 e. The van der Waals surface area contributed by atoms with Gasteiger partial charge in [0.1, 0.15) is 0 Å². The Hall–Kier alpha value is -1.26. The molecule has 0 radical (unpaired) electrons. The zero-order chi connectivity index (χ0) is 13.9. The van der Waals surface area contributed by atoms with Crippen LogP contribution in [0.15, 0.2) is 18.2 Å². The van der Waals surface area contributed by atoms with Gasteiger partial charge in [-0.3, -0.25) is 0 Å². The van der Waals surface area contributed by atoms with E-state index in [1.807, 2.05) is 12.1 Å². The zero-order valence-corrected chi connectivity index (χ0v) is 12.4. The number of nitrogens with one attached hydrogen (secondary N) is 1. The van der Waals surface area contributed by atoms with Crippen molar-refractivity contribution >= 4 is 0 Å². The lowest BCUT2D eigenvalue weighted by atomic mass is 9.84. The van der Waals surface area contributed by atoms with Gasteiger partial charge in [0, 0.05) is 24.7 Å². The van der Waals surface area contributed by atoms with Crippen LogP contribution in [-0.4, -0.2) is 44.8 Å². The Morgan fingerprint density at radius 3 is 2.60 bits per heavy atom. The molecule has 0 aliphatic carbocycles. The molecule has 1 N–H and O–H groups in total. The molecule has 3 heterocycles. The van der Waals surface area contributed by atoms with Gasteiger partial charge in [0.15, 0.2) is 11.5 Å². The Bertz CT molecular complexity index is 456. The number of fused-ring (bicyclic) bond motifs is 3. The van der Waals surface area contributed by atoms with Crippen LogP contribution < -0.4 is 14.8 Å². The molecule has 3 fully saturated rings. The smallest absolute Gasteiger partial charge is 0.165 e. The Labute approximate surface area is 121 Å². The van der Waals surface area contributed by atoms with Crippen molar-refractivity contribution in [3.63, 3.8) is 0 Å². The molecule has 0 spiro atoms. The van der Waals surface area contributed by atoms with E-state index in [0.29, 0.717) is 6.04 Å². The maximum atomic E-state index is 5.49. The van der Waals surface area contributed by atoms with Crippen molar-refractivity contribution in [1.82, 2.24) is 10.2 Å². The molecule has 3 aliphatic rings. The molecule has 4 heteroatoms. The predicted molar refractivity (Wildman–Crippen MR) is 79.3 cm³/mol. The normalized spacial score (nSPS) is 28.4. The second-order valence-electron chi connectivity index (χ2n) is 5.78. The van der Waals surface area contributed by atoms with E-state index in [1.54, 1.807) is 14.2 Å². The Morgan fingerprint density at radius 1 is 1.20 bits per heavy atom. The first-order valence-electron chi connectivity index (χ1n) is 7.47. The van der Waals surface area contributed by atoms with E-state index in [4.69, 9.17) is 9.47 Å². The highest BCUT2D eigenvalue weighted by Gasteiger charge is 2.33. The molecule has 3 aliphatic heterocycles. The summed E-state index contributed by atoms with van der Waals surface area (Å²) in [5.41, 5.74) is 1.17. The molecule has 1 aromatic rings. The van der Waals surface area contributed by atoms with Crippen LogP contribution in [0.1, 0.15) is 18.4 Å². The molecule has 0 amide bonds. The van der Waals surface area contributed by atoms with Gasteiger partial charge in [0.2, 0.25) is 0 Å². The summed E-state index contributed by atoms with van der Waals surface area (Å²) in [5.74, 6) is 2.50. The van der Waals surface area contributed by atoms with Crippen LogP contribution in [-0.2, 0) is 6.54 Å². The van der Waals surface area contributed by atoms with E-state index < -0.39 is 0 Å². The largest absolute Gasteiger partial charge is 0.493 e. The number of hydrogen-bond donors (Lipinski definition) is 1. The molecule has 1 atom stereocenters. The quantitative estimate of drug-likeness (QED) is 0.890. The highest BCUT2D eigenvalue weighted by Crippen LogP contribution is 2.32. The third-order valence-electron chi connectivity index (χ3n) is 4.70. The number of para-hydroxylation sites is 1. The first kappa shape index (κ1) is 13.7. The van der Waals surface area contributed by atoms with E-state index in [-0.39, 0.29) is 0 Å². The maximum absolute atomic E-state index is 5.49. The van der Waals surface area contributed by atoms with E-state index in [2.05, 4.69) is 16.3 Å². The third-order valence-corrected chi connectivity index (χ3v) is 4.70. The number of benzene rings is 1. The molecule has 1 aromatic carbocycles. The fourth-order valence-electron chi connectivity index (χ4n) is 3.53. The number of piperidine rings is 3. The third kappa shape index (κ3) is 2.63. The van der Waals surface area contributed by atoms with Gasteiger partial charge in [0.05, 0.1) is 14.2 Å². The van der Waals surface area contributed by atoms with Crippen LogP contribution in [0.2, 0.25) is 0 Å². The molecule has 110 valence electrons. The second-order valence-corrected chi connectivity index (χ2v) is 5.78. The summed E-state index contributed by atoms with van der Waals surface area (Å²) >= 11 is 0. The van der Waals surface area contributed by atoms with E-state index >= 15 is 0 Å². The fraction of sp³-hybridized carbons (Fsp3) is 0.625. The first-order chi connectivity index (χ1) is 9.81. The molecule has 0 aromatic heterocycles. The number of methoxy groups -OCH3 is 2. The lowest BCUT2D eigenvalue weighted by Crippen LogP contribution is -2.55. The Balaban J connectivity index is 1.66. The summed E-state index contributed by atoms with van der Waals surface area (Å²) in [6.07, 6.45) is 2.68. The topological polar surface area (TPSA) is 33.7 Å². The highest BCUT2D eigenvalue weighted by molar-refractivity contribution is 5.46. The van der Waals surface area contributed by atoms with Gasteiger partial charge >= 0.3 is 0 Å². The molecular weight excluding hydrogens is 252 g/mol. The fourth-order valence-corrected chi connectivity index (χ4v) is 3.53. The molecule has 20 heavy (non-hydrogen) atoms. The van der Waals surface area contributed by atoms with Gasteiger partial charge in [0.25, 0.3) is 0 Å². The van der Waals surface area contributed by atoms with Crippen LogP contribution in [0.3, 0.4) is 0 Å². The van der Waals surface area contributed by atoms with Crippen molar-refractivity contribution in [3.8, 4) is 11.5 Å². The number of nitrogens with zero attached hydrogens (tertiary/aromatic N) is 1. The van der Waals surface area contributed by atoms with Gasteiger partial charge < -0.3 is 19.7 Å². The van der Waals surface area contributed by atoms with Gasteiger partial charge in [-0.2, -0.15) is 0 Å². The minimum absolute atomic E-state index is 0.619. The number of hydrogen-bond acceptors (Lipinski definition) is 4. The molecule has 4 rings (SSSR count). The summed E-state index contributed by atoms with van der Waals surface area (Å²) in [5, 5.41) is 3.72. The average Bonchev–Trinajstić information content (AvgIpc) is 2.53. The van der Waals surface area contributed by atoms with Gasteiger partial charge in [-0.1, -0.05) is 12.1 Å². The van der Waals surface area contributed by atoms with E-state index in [1.165, 1.54) is 38.0 Å². The second kappa shape index (κ2) is 6.02. The summed E-state index contributed by atoms with van der Waals surface area (Å²) in [7, 11) is 3.39. The summed E-state index contributed by atoms with van der Waals surface area (Å²) in [6.45, 7) is 4.60. The average molecular weight is 276 g/mol. The molecular formula is C16H24N2O2. The van der Waals surface area contributed by atoms with Crippen molar-refractivity contribution in [1.29, 1.82) is 0 Å². The zero-order valence-electron chi connectivity index (χ0n) is 12.4. The van der Waals surface area contributed by atoms with Crippen LogP contribution in [0.25, 0.3) is 0 Å². The van der Waals surface area contributed by atoms with Crippen LogP contribution in [0.5, 0.6) is 11.5 Å². The first-order valence-corrected chi connectivity index (χ1v) is 7.47. The summed E-state index contributed by atoms with van der Waals surface area (Å²) in [4.78, 5) is 2.57. The number of rotatable bonds is 5. The van der Waals surface area contributed by atoms with Crippen LogP contribution >= 0.6 is 0 Å².